The van der Waals surface area contributed by atoms with Crippen LogP contribution in [0.5, 0.6) is 0 Å². The number of aromatic amines is 1. The normalized spacial score (nSPS) is 27.9. The van der Waals surface area contributed by atoms with E-state index in [9.17, 15) is 4.79 Å². The molecule has 3 heterocycles. The van der Waals surface area contributed by atoms with Crippen molar-refractivity contribution in [2.24, 2.45) is 11.3 Å². The third-order valence-corrected chi connectivity index (χ3v) is 5.68. The van der Waals surface area contributed by atoms with Crippen molar-refractivity contribution in [2.75, 3.05) is 7.11 Å². The maximum absolute atomic E-state index is 11.5. The Hall–Kier alpha value is -2.70. The third kappa shape index (κ3) is 2.26. The summed E-state index contributed by atoms with van der Waals surface area (Å²) in [7, 11) is 1.45. The number of carbonyl (C=O) groups is 1. The molecular formula is C18H18N4O3. The molecule has 7 nitrogen and oxygen atoms in total. The number of esters is 1. The lowest BCUT2D eigenvalue weighted by Gasteiger charge is -2.55. The van der Waals surface area contributed by atoms with Gasteiger partial charge < -0.3 is 14.2 Å². The van der Waals surface area contributed by atoms with E-state index in [1.807, 2.05) is 24.4 Å². The SMILES string of the molecule is COC(=O)C1CC2(C1)CC(c1nc(-c3ccc4[nH]ccc4n3)no1)C2. The molecule has 0 amide bonds. The molecule has 7 heteroatoms. The number of H-pyrrole nitrogens is 1. The zero-order chi connectivity index (χ0) is 17.0. The number of nitrogens with zero attached hydrogens (tertiary/aromatic N) is 3. The molecule has 0 atom stereocenters. The van der Waals surface area contributed by atoms with Gasteiger partial charge in [0.05, 0.1) is 24.1 Å². The van der Waals surface area contributed by atoms with Gasteiger partial charge in [-0.05, 0) is 49.3 Å². The topological polar surface area (TPSA) is 93.9 Å². The monoisotopic (exact) mass is 338 g/mol. The smallest absolute Gasteiger partial charge is 0.308 e. The zero-order valence-electron chi connectivity index (χ0n) is 13.9. The van der Waals surface area contributed by atoms with Gasteiger partial charge in [-0.2, -0.15) is 4.98 Å². The Morgan fingerprint density at radius 2 is 2.08 bits per heavy atom. The van der Waals surface area contributed by atoms with Crippen molar-refractivity contribution in [2.45, 2.75) is 31.6 Å². The first-order valence-electron chi connectivity index (χ1n) is 8.52. The van der Waals surface area contributed by atoms with Gasteiger partial charge in [0.25, 0.3) is 0 Å². The minimum absolute atomic E-state index is 0.0708. The Kier molecular flexibility index (Phi) is 3.01. The average molecular weight is 338 g/mol. The molecule has 3 aromatic heterocycles. The predicted octanol–water partition coefficient (Wildman–Crippen LogP) is 3.06. The maximum atomic E-state index is 11.5. The molecular weight excluding hydrogens is 320 g/mol. The molecule has 25 heavy (non-hydrogen) atoms. The van der Waals surface area contributed by atoms with E-state index in [0.29, 0.717) is 17.4 Å². The molecule has 2 aliphatic rings. The Morgan fingerprint density at radius 3 is 2.88 bits per heavy atom. The summed E-state index contributed by atoms with van der Waals surface area (Å²) in [5.41, 5.74) is 2.86. The van der Waals surface area contributed by atoms with Gasteiger partial charge in [0.2, 0.25) is 11.7 Å². The summed E-state index contributed by atoms with van der Waals surface area (Å²) in [4.78, 5) is 23.7. The summed E-state index contributed by atoms with van der Waals surface area (Å²) < 4.78 is 10.3. The minimum atomic E-state index is -0.0830. The molecule has 1 spiro atoms. The average Bonchev–Trinajstić information content (AvgIpc) is 3.20. The summed E-state index contributed by atoms with van der Waals surface area (Å²) in [5, 5.41) is 4.10. The van der Waals surface area contributed by atoms with Crippen molar-refractivity contribution in [1.82, 2.24) is 20.1 Å². The number of methoxy groups -OCH3 is 1. The summed E-state index contributed by atoms with van der Waals surface area (Å²) in [6.45, 7) is 0. The molecule has 2 saturated carbocycles. The van der Waals surface area contributed by atoms with Gasteiger partial charge in [-0.3, -0.25) is 4.79 Å². The van der Waals surface area contributed by atoms with Crippen molar-refractivity contribution >= 4 is 17.0 Å². The van der Waals surface area contributed by atoms with Crippen LogP contribution in [0.3, 0.4) is 0 Å². The number of rotatable bonds is 3. The third-order valence-electron chi connectivity index (χ3n) is 5.68. The second-order valence-electron chi connectivity index (χ2n) is 7.30. The van der Waals surface area contributed by atoms with E-state index in [1.54, 1.807) is 0 Å². The number of hydrogen-bond donors (Lipinski definition) is 1. The highest BCUT2D eigenvalue weighted by atomic mass is 16.5. The van der Waals surface area contributed by atoms with Crippen molar-refractivity contribution < 1.29 is 14.1 Å². The Morgan fingerprint density at radius 1 is 1.24 bits per heavy atom. The van der Waals surface area contributed by atoms with Crippen molar-refractivity contribution in [3.63, 3.8) is 0 Å². The number of nitrogens with one attached hydrogen (secondary N) is 1. The second kappa shape index (κ2) is 5.15. The van der Waals surface area contributed by atoms with E-state index < -0.39 is 0 Å². The molecule has 0 unspecified atom stereocenters. The molecule has 128 valence electrons. The fourth-order valence-electron chi connectivity index (χ4n) is 4.38. The quantitative estimate of drug-likeness (QED) is 0.738. The fourth-order valence-corrected chi connectivity index (χ4v) is 4.38. The Labute approximate surface area is 143 Å². The zero-order valence-corrected chi connectivity index (χ0v) is 13.9. The number of hydrogen-bond acceptors (Lipinski definition) is 6. The maximum Gasteiger partial charge on any atom is 0.308 e. The highest BCUT2D eigenvalue weighted by Gasteiger charge is 2.56. The van der Waals surface area contributed by atoms with Crippen LogP contribution < -0.4 is 0 Å². The lowest BCUT2D eigenvalue weighted by Crippen LogP contribution is -2.49. The summed E-state index contributed by atoms with van der Waals surface area (Å²) in [6.07, 6.45) is 5.71. The van der Waals surface area contributed by atoms with E-state index in [0.717, 1.165) is 36.7 Å². The van der Waals surface area contributed by atoms with Gasteiger partial charge in [0.15, 0.2) is 0 Å². The van der Waals surface area contributed by atoms with Crippen molar-refractivity contribution in [1.29, 1.82) is 0 Å². The van der Waals surface area contributed by atoms with E-state index >= 15 is 0 Å². The van der Waals surface area contributed by atoms with E-state index in [1.165, 1.54) is 7.11 Å². The van der Waals surface area contributed by atoms with Crippen LogP contribution in [-0.2, 0) is 9.53 Å². The van der Waals surface area contributed by atoms with Gasteiger partial charge in [-0.15, -0.1) is 0 Å². The van der Waals surface area contributed by atoms with E-state index in [-0.39, 0.29) is 23.2 Å². The van der Waals surface area contributed by atoms with Crippen molar-refractivity contribution in [3.8, 4) is 11.5 Å². The molecule has 5 rings (SSSR count). The number of pyridine rings is 1. The molecule has 0 aliphatic heterocycles. The van der Waals surface area contributed by atoms with Crippen LogP contribution in [-0.4, -0.2) is 33.2 Å². The van der Waals surface area contributed by atoms with Crippen LogP contribution in [0.15, 0.2) is 28.9 Å². The number of ether oxygens (including phenoxy) is 1. The molecule has 0 radical (unpaired) electrons. The molecule has 2 aliphatic carbocycles. The van der Waals surface area contributed by atoms with Crippen molar-refractivity contribution in [3.05, 3.63) is 30.3 Å². The lowest BCUT2D eigenvalue weighted by molar-refractivity contribution is -0.159. The molecule has 3 aromatic rings. The second-order valence-corrected chi connectivity index (χ2v) is 7.30. The first kappa shape index (κ1) is 14.6. The van der Waals surface area contributed by atoms with Crippen LogP contribution in [0.1, 0.15) is 37.5 Å². The molecule has 0 aromatic carbocycles. The van der Waals surface area contributed by atoms with Gasteiger partial charge in [-0.1, -0.05) is 5.16 Å². The minimum Gasteiger partial charge on any atom is -0.469 e. The molecule has 1 N–H and O–H groups in total. The van der Waals surface area contributed by atoms with Gasteiger partial charge in [0.1, 0.15) is 5.69 Å². The Bertz CT molecular complexity index is 946. The van der Waals surface area contributed by atoms with Gasteiger partial charge in [-0.25, -0.2) is 4.98 Å². The standard InChI is InChI=1S/C18H18N4O3/c1-24-17(23)11-8-18(9-11)6-10(7-18)16-21-15(22-25-16)14-3-2-12-13(20-14)4-5-19-12/h2-5,10-11,19H,6-9H2,1H3. The number of aromatic nitrogens is 4. The van der Waals surface area contributed by atoms with E-state index in [2.05, 4.69) is 20.1 Å². The fraction of sp³-hybridized carbons (Fsp3) is 0.444. The highest BCUT2D eigenvalue weighted by Crippen LogP contribution is 2.64. The number of fused-ring (bicyclic) bond motifs is 1. The molecule has 0 saturated heterocycles. The predicted molar refractivity (Wildman–Crippen MR) is 88.5 cm³/mol. The first-order chi connectivity index (χ1) is 12.2. The first-order valence-corrected chi connectivity index (χ1v) is 8.52. The lowest BCUT2D eigenvalue weighted by atomic mass is 9.48. The Balaban J connectivity index is 1.28. The van der Waals surface area contributed by atoms with Crippen LogP contribution in [0.25, 0.3) is 22.6 Å². The number of carbonyl (C=O) groups excluding carboxylic acids is 1. The largest absolute Gasteiger partial charge is 0.469 e. The van der Waals surface area contributed by atoms with Crippen LogP contribution in [0.4, 0.5) is 0 Å². The van der Waals surface area contributed by atoms with Crippen LogP contribution in [0, 0.1) is 11.3 Å². The van der Waals surface area contributed by atoms with E-state index in [4.69, 9.17) is 9.26 Å². The summed E-state index contributed by atoms with van der Waals surface area (Å²) >= 11 is 0. The molecule has 0 bridgehead atoms. The summed E-state index contributed by atoms with van der Waals surface area (Å²) in [5.74, 6) is 1.48. The summed E-state index contributed by atoms with van der Waals surface area (Å²) in [6, 6.07) is 5.78. The highest BCUT2D eigenvalue weighted by molar-refractivity contribution is 5.77. The van der Waals surface area contributed by atoms with Crippen LogP contribution >= 0.6 is 0 Å². The van der Waals surface area contributed by atoms with Gasteiger partial charge >= 0.3 is 5.97 Å². The van der Waals surface area contributed by atoms with Gasteiger partial charge in [0, 0.05) is 12.1 Å². The molecule has 2 fully saturated rings. The van der Waals surface area contributed by atoms with Crippen LogP contribution in [0.2, 0.25) is 0 Å².